The molecule has 0 fully saturated rings. The van der Waals surface area contributed by atoms with Gasteiger partial charge in [-0.2, -0.15) is 0 Å². The molecule has 0 unspecified atom stereocenters. The molecule has 2 rings (SSSR count). The number of hydrogen-bond acceptors (Lipinski definition) is 5. The number of carbonyl (C=O) groups is 2. The van der Waals surface area contributed by atoms with Crippen LogP contribution in [0.2, 0.25) is 0 Å². The normalized spacial score (nSPS) is 12.0. The maximum absolute atomic E-state index is 12.1. The van der Waals surface area contributed by atoms with Crippen molar-refractivity contribution in [3.63, 3.8) is 0 Å². The van der Waals surface area contributed by atoms with E-state index in [1.54, 1.807) is 24.3 Å². The Labute approximate surface area is 164 Å². The van der Waals surface area contributed by atoms with E-state index in [0.717, 1.165) is 12.1 Å². The van der Waals surface area contributed by atoms with Gasteiger partial charge in [0.25, 0.3) is 0 Å². The summed E-state index contributed by atoms with van der Waals surface area (Å²) in [6.45, 7) is 0.00148. The first-order valence-corrected chi connectivity index (χ1v) is 8.34. The Hall–Kier alpha value is -3.27. The van der Waals surface area contributed by atoms with Crippen molar-refractivity contribution in [1.29, 1.82) is 0 Å². The molecule has 0 saturated carbocycles. The first-order valence-electron chi connectivity index (χ1n) is 8.34. The molecule has 0 heterocycles. The second-order valence-electron chi connectivity index (χ2n) is 5.70. The molecule has 0 aromatic heterocycles. The van der Waals surface area contributed by atoms with Gasteiger partial charge in [-0.15, -0.1) is 13.2 Å². The number of carbonyl (C=O) groups excluding carboxylic acids is 2. The van der Waals surface area contributed by atoms with Gasteiger partial charge in [0.2, 0.25) is 0 Å². The third-order valence-electron chi connectivity index (χ3n) is 3.77. The van der Waals surface area contributed by atoms with Gasteiger partial charge in [-0.05, 0) is 30.3 Å². The first kappa shape index (κ1) is 22.0. The number of nitrogens with one attached hydrogen (secondary N) is 2. The lowest BCUT2D eigenvalue weighted by atomic mass is 10.1. The van der Waals surface area contributed by atoms with Crippen LogP contribution in [-0.4, -0.2) is 38.9 Å². The minimum Gasteiger partial charge on any atom is -0.496 e. The van der Waals surface area contributed by atoms with Crippen molar-refractivity contribution in [2.24, 2.45) is 0 Å². The molecule has 0 aliphatic rings. The predicted octanol–water partition coefficient (Wildman–Crippen LogP) is 3.04. The van der Waals surface area contributed by atoms with Gasteiger partial charge in [0, 0.05) is 24.9 Å². The zero-order valence-electron chi connectivity index (χ0n) is 15.6. The summed E-state index contributed by atoms with van der Waals surface area (Å²) in [6.07, 6.45) is -5.37. The maximum atomic E-state index is 12.1. The molecule has 2 aromatic rings. The third kappa shape index (κ3) is 6.68. The highest BCUT2D eigenvalue weighted by atomic mass is 19.4. The van der Waals surface area contributed by atoms with E-state index in [1.807, 2.05) is 0 Å². The number of halogens is 3. The monoisotopic (exact) mass is 412 g/mol. The Morgan fingerprint density at radius 2 is 1.66 bits per heavy atom. The van der Waals surface area contributed by atoms with Gasteiger partial charge in [0.05, 0.1) is 7.11 Å². The van der Waals surface area contributed by atoms with Crippen LogP contribution in [0.3, 0.4) is 0 Å². The SMILES string of the molecule is COc1ccccc1[C@@H](CNC(=O)C(=O)Nc1ccc(OC(F)(F)F)cc1)OC. The Bertz CT molecular complexity index is 840. The number of para-hydroxylation sites is 1. The van der Waals surface area contributed by atoms with Crippen molar-refractivity contribution in [2.45, 2.75) is 12.5 Å². The summed E-state index contributed by atoms with van der Waals surface area (Å²) in [6, 6.07) is 11.5. The van der Waals surface area contributed by atoms with Crippen molar-refractivity contribution in [1.82, 2.24) is 5.32 Å². The summed E-state index contributed by atoms with van der Waals surface area (Å²) < 4.78 is 50.8. The number of methoxy groups -OCH3 is 2. The summed E-state index contributed by atoms with van der Waals surface area (Å²) in [7, 11) is 2.95. The van der Waals surface area contributed by atoms with Crippen LogP contribution in [-0.2, 0) is 14.3 Å². The fourth-order valence-electron chi connectivity index (χ4n) is 2.45. The van der Waals surface area contributed by atoms with Gasteiger partial charge in [0.1, 0.15) is 17.6 Å². The molecule has 0 radical (unpaired) electrons. The van der Waals surface area contributed by atoms with Crippen molar-refractivity contribution < 1.29 is 37.0 Å². The fraction of sp³-hybridized carbons (Fsp3) is 0.263. The molecule has 156 valence electrons. The highest BCUT2D eigenvalue weighted by Crippen LogP contribution is 2.26. The Balaban J connectivity index is 1.92. The molecular formula is C19H19F3N2O5. The molecule has 2 amide bonds. The van der Waals surface area contributed by atoms with E-state index in [-0.39, 0.29) is 12.2 Å². The molecule has 10 heteroatoms. The summed E-state index contributed by atoms with van der Waals surface area (Å²) in [4.78, 5) is 24.0. The molecule has 0 aliphatic heterocycles. The van der Waals surface area contributed by atoms with E-state index >= 15 is 0 Å². The first-order chi connectivity index (χ1) is 13.7. The summed E-state index contributed by atoms with van der Waals surface area (Å²) in [5.41, 5.74) is 0.825. The van der Waals surface area contributed by atoms with Crippen molar-refractivity contribution in [3.05, 3.63) is 54.1 Å². The molecule has 2 aromatic carbocycles. The summed E-state index contributed by atoms with van der Waals surface area (Å²) in [5.74, 6) is -1.79. The van der Waals surface area contributed by atoms with Crippen LogP contribution in [0, 0.1) is 0 Å². The van der Waals surface area contributed by atoms with Crippen LogP contribution in [0.25, 0.3) is 0 Å². The zero-order valence-corrected chi connectivity index (χ0v) is 15.6. The number of anilines is 1. The molecule has 2 N–H and O–H groups in total. The minimum absolute atomic E-state index is 0.00148. The van der Waals surface area contributed by atoms with E-state index in [0.29, 0.717) is 11.3 Å². The molecule has 0 spiro atoms. The summed E-state index contributed by atoms with van der Waals surface area (Å²) >= 11 is 0. The summed E-state index contributed by atoms with van der Waals surface area (Å²) in [5, 5.41) is 4.72. The molecule has 7 nitrogen and oxygen atoms in total. The van der Waals surface area contributed by atoms with Gasteiger partial charge >= 0.3 is 18.2 Å². The lowest BCUT2D eigenvalue weighted by Crippen LogP contribution is -2.38. The Morgan fingerprint density at radius 1 is 1.00 bits per heavy atom. The highest BCUT2D eigenvalue weighted by molar-refractivity contribution is 6.39. The van der Waals surface area contributed by atoms with Gasteiger partial charge in [0.15, 0.2) is 0 Å². The van der Waals surface area contributed by atoms with Gasteiger partial charge < -0.3 is 24.8 Å². The quantitative estimate of drug-likeness (QED) is 0.683. The molecule has 0 bridgehead atoms. The fourth-order valence-corrected chi connectivity index (χ4v) is 2.45. The molecular weight excluding hydrogens is 393 g/mol. The van der Waals surface area contributed by atoms with Crippen LogP contribution in [0.1, 0.15) is 11.7 Å². The second kappa shape index (κ2) is 9.78. The van der Waals surface area contributed by atoms with Gasteiger partial charge in [-0.25, -0.2) is 0 Å². The molecule has 0 aliphatic carbocycles. The van der Waals surface area contributed by atoms with Crippen LogP contribution < -0.4 is 20.1 Å². The maximum Gasteiger partial charge on any atom is 0.573 e. The number of benzene rings is 2. The number of alkyl halides is 3. The number of amides is 2. The third-order valence-corrected chi connectivity index (χ3v) is 3.77. The number of ether oxygens (including phenoxy) is 3. The van der Waals surface area contributed by atoms with E-state index in [9.17, 15) is 22.8 Å². The van der Waals surface area contributed by atoms with E-state index in [4.69, 9.17) is 9.47 Å². The minimum atomic E-state index is -4.82. The largest absolute Gasteiger partial charge is 0.573 e. The second-order valence-corrected chi connectivity index (χ2v) is 5.70. The van der Waals surface area contributed by atoms with Crippen LogP contribution >= 0.6 is 0 Å². The Morgan fingerprint density at radius 3 is 2.24 bits per heavy atom. The topological polar surface area (TPSA) is 85.9 Å². The van der Waals surface area contributed by atoms with Gasteiger partial charge in [-0.3, -0.25) is 9.59 Å². The number of hydrogen-bond donors (Lipinski definition) is 2. The molecule has 29 heavy (non-hydrogen) atoms. The van der Waals surface area contributed by atoms with Gasteiger partial charge in [-0.1, -0.05) is 18.2 Å². The van der Waals surface area contributed by atoms with E-state index in [2.05, 4.69) is 15.4 Å². The van der Waals surface area contributed by atoms with Crippen LogP contribution in [0.4, 0.5) is 18.9 Å². The lowest BCUT2D eigenvalue weighted by molar-refractivity contribution is -0.274. The van der Waals surface area contributed by atoms with Crippen LogP contribution in [0.15, 0.2) is 48.5 Å². The molecule has 0 saturated heterocycles. The van der Waals surface area contributed by atoms with Crippen molar-refractivity contribution in [3.8, 4) is 11.5 Å². The lowest BCUT2D eigenvalue weighted by Gasteiger charge is -2.19. The molecule has 1 atom stereocenters. The van der Waals surface area contributed by atoms with Crippen LogP contribution in [0.5, 0.6) is 11.5 Å². The smallest absolute Gasteiger partial charge is 0.496 e. The average molecular weight is 412 g/mol. The Kier molecular flexibility index (Phi) is 7.43. The van der Waals surface area contributed by atoms with E-state index < -0.39 is 30.0 Å². The van der Waals surface area contributed by atoms with E-state index in [1.165, 1.54) is 26.4 Å². The number of rotatable bonds is 7. The zero-order chi connectivity index (χ0) is 21.4. The van der Waals surface area contributed by atoms with Crippen molar-refractivity contribution >= 4 is 17.5 Å². The average Bonchev–Trinajstić information content (AvgIpc) is 2.69. The predicted molar refractivity (Wildman–Crippen MR) is 97.5 cm³/mol. The van der Waals surface area contributed by atoms with Crippen molar-refractivity contribution in [2.75, 3.05) is 26.1 Å². The standard InChI is InChI=1S/C19H19F3N2O5/c1-27-15-6-4-3-5-14(15)16(28-2)11-23-17(25)18(26)24-12-7-9-13(10-8-12)29-19(20,21)22/h3-10,16H,11H2,1-2H3,(H,23,25)(H,24,26)/t16-/m1/s1. The highest BCUT2D eigenvalue weighted by Gasteiger charge is 2.31.